The van der Waals surface area contributed by atoms with Crippen molar-refractivity contribution in [3.63, 3.8) is 0 Å². The predicted molar refractivity (Wildman–Crippen MR) is 56.8 cm³/mol. The molecule has 0 spiro atoms. The standard InChI is InChI=1S/C11H14N2O/c1-13(2)7-5-11(9-14)10-4-3-6-12-8-10/h3-6,8-9H,7H2,1-2H3/b11-5-. The van der Waals surface area contributed by atoms with E-state index in [4.69, 9.17) is 0 Å². The Balaban J connectivity index is 2.82. The summed E-state index contributed by atoms with van der Waals surface area (Å²) >= 11 is 0. The van der Waals surface area contributed by atoms with Crippen molar-refractivity contribution in [1.29, 1.82) is 0 Å². The zero-order valence-corrected chi connectivity index (χ0v) is 8.47. The highest BCUT2D eigenvalue weighted by Crippen LogP contribution is 2.09. The number of carbonyl (C=O) groups excluding carboxylic acids is 1. The molecule has 1 aromatic rings. The molecular formula is C11H14N2O. The van der Waals surface area contributed by atoms with Crippen molar-refractivity contribution in [1.82, 2.24) is 9.88 Å². The van der Waals surface area contributed by atoms with Crippen LogP contribution in [0.4, 0.5) is 0 Å². The molecule has 0 atom stereocenters. The number of nitrogens with zero attached hydrogens (tertiary/aromatic N) is 2. The second kappa shape index (κ2) is 5.29. The lowest BCUT2D eigenvalue weighted by atomic mass is 10.1. The topological polar surface area (TPSA) is 33.2 Å². The van der Waals surface area contributed by atoms with Gasteiger partial charge in [0.1, 0.15) is 6.29 Å². The highest BCUT2D eigenvalue weighted by atomic mass is 16.1. The summed E-state index contributed by atoms with van der Waals surface area (Å²) in [4.78, 5) is 16.8. The average molecular weight is 190 g/mol. The number of aldehydes is 1. The monoisotopic (exact) mass is 190 g/mol. The number of hydrogen-bond acceptors (Lipinski definition) is 3. The van der Waals surface area contributed by atoms with Gasteiger partial charge in [0.2, 0.25) is 0 Å². The summed E-state index contributed by atoms with van der Waals surface area (Å²) in [5.74, 6) is 0. The Morgan fingerprint density at radius 1 is 1.57 bits per heavy atom. The van der Waals surface area contributed by atoms with E-state index in [0.717, 1.165) is 18.4 Å². The Morgan fingerprint density at radius 3 is 2.86 bits per heavy atom. The SMILES string of the molecule is CN(C)C/C=C(/C=O)c1cccnc1. The molecule has 0 unspecified atom stereocenters. The van der Waals surface area contributed by atoms with Gasteiger partial charge in [-0.25, -0.2) is 0 Å². The third kappa shape index (κ3) is 3.11. The molecule has 14 heavy (non-hydrogen) atoms. The Hall–Kier alpha value is -1.48. The third-order valence-electron chi connectivity index (χ3n) is 1.80. The smallest absolute Gasteiger partial charge is 0.150 e. The number of carbonyl (C=O) groups is 1. The van der Waals surface area contributed by atoms with Gasteiger partial charge < -0.3 is 4.90 Å². The molecule has 0 saturated carbocycles. The Bertz CT molecular complexity index is 317. The van der Waals surface area contributed by atoms with Crippen molar-refractivity contribution in [3.05, 3.63) is 36.2 Å². The summed E-state index contributed by atoms with van der Waals surface area (Å²) in [5.41, 5.74) is 1.55. The number of pyridine rings is 1. The van der Waals surface area contributed by atoms with E-state index in [1.54, 1.807) is 12.4 Å². The minimum atomic E-state index is 0.687. The van der Waals surface area contributed by atoms with Gasteiger partial charge >= 0.3 is 0 Å². The highest BCUT2D eigenvalue weighted by molar-refractivity contribution is 6.06. The van der Waals surface area contributed by atoms with Crippen LogP contribution in [0.1, 0.15) is 5.56 Å². The summed E-state index contributed by atoms with van der Waals surface area (Å²) in [6.07, 6.45) is 6.14. The molecule has 3 heteroatoms. The summed E-state index contributed by atoms with van der Waals surface area (Å²) in [6.45, 7) is 0.753. The Morgan fingerprint density at radius 2 is 2.36 bits per heavy atom. The lowest BCUT2D eigenvalue weighted by Crippen LogP contribution is -2.11. The predicted octanol–water partition coefficient (Wildman–Crippen LogP) is 1.23. The van der Waals surface area contributed by atoms with Gasteiger partial charge in [0, 0.05) is 30.1 Å². The number of aromatic nitrogens is 1. The highest BCUT2D eigenvalue weighted by Gasteiger charge is 1.98. The molecule has 1 heterocycles. The molecule has 0 bridgehead atoms. The van der Waals surface area contributed by atoms with E-state index in [1.807, 2.05) is 37.2 Å². The van der Waals surface area contributed by atoms with Crippen molar-refractivity contribution in [2.24, 2.45) is 0 Å². The maximum absolute atomic E-state index is 10.8. The third-order valence-corrected chi connectivity index (χ3v) is 1.80. The van der Waals surface area contributed by atoms with Crippen LogP contribution in [0.2, 0.25) is 0 Å². The van der Waals surface area contributed by atoms with E-state index >= 15 is 0 Å². The van der Waals surface area contributed by atoms with Gasteiger partial charge in [-0.2, -0.15) is 0 Å². The summed E-state index contributed by atoms with van der Waals surface area (Å²) in [7, 11) is 3.92. The number of likely N-dealkylation sites (N-methyl/N-ethyl adjacent to an activating group) is 1. The molecule has 1 aromatic heterocycles. The van der Waals surface area contributed by atoms with Gasteiger partial charge in [-0.05, 0) is 20.2 Å². The van der Waals surface area contributed by atoms with E-state index < -0.39 is 0 Å². The lowest BCUT2D eigenvalue weighted by molar-refractivity contribution is -0.103. The molecule has 0 aliphatic rings. The molecule has 0 aromatic carbocycles. The Kier molecular flexibility index (Phi) is 4.01. The summed E-state index contributed by atoms with van der Waals surface area (Å²) < 4.78 is 0. The second-order valence-electron chi connectivity index (χ2n) is 3.28. The van der Waals surface area contributed by atoms with E-state index in [0.29, 0.717) is 5.57 Å². The van der Waals surface area contributed by atoms with Crippen LogP contribution in [0.3, 0.4) is 0 Å². The molecule has 0 amide bonds. The number of rotatable bonds is 4. The first-order chi connectivity index (χ1) is 6.74. The van der Waals surface area contributed by atoms with Crippen LogP contribution in [0, 0.1) is 0 Å². The van der Waals surface area contributed by atoms with E-state index in [9.17, 15) is 4.79 Å². The van der Waals surface area contributed by atoms with Crippen LogP contribution < -0.4 is 0 Å². The quantitative estimate of drug-likeness (QED) is 0.529. The van der Waals surface area contributed by atoms with Gasteiger partial charge in [-0.1, -0.05) is 12.1 Å². The Labute approximate surface area is 84.1 Å². The molecule has 0 saturated heterocycles. The van der Waals surface area contributed by atoms with Gasteiger partial charge in [0.05, 0.1) is 0 Å². The van der Waals surface area contributed by atoms with E-state index in [-0.39, 0.29) is 0 Å². The van der Waals surface area contributed by atoms with Crippen LogP contribution in [0.25, 0.3) is 5.57 Å². The maximum atomic E-state index is 10.8. The fourth-order valence-corrected chi connectivity index (χ4v) is 1.05. The van der Waals surface area contributed by atoms with E-state index in [2.05, 4.69) is 4.98 Å². The average Bonchev–Trinajstić information content (AvgIpc) is 2.20. The second-order valence-corrected chi connectivity index (χ2v) is 3.28. The molecular weight excluding hydrogens is 176 g/mol. The minimum absolute atomic E-state index is 0.687. The normalized spacial score (nSPS) is 11.8. The molecule has 3 nitrogen and oxygen atoms in total. The van der Waals surface area contributed by atoms with Gasteiger partial charge in [0.15, 0.2) is 0 Å². The summed E-state index contributed by atoms with van der Waals surface area (Å²) in [6, 6.07) is 3.70. The molecule has 1 rings (SSSR count). The maximum Gasteiger partial charge on any atom is 0.150 e. The lowest BCUT2D eigenvalue weighted by Gasteiger charge is -2.05. The molecule has 0 aliphatic heterocycles. The zero-order valence-electron chi connectivity index (χ0n) is 8.47. The fraction of sp³-hybridized carbons (Fsp3) is 0.273. The van der Waals surface area contributed by atoms with Gasteiger partial charge in [-0.3, -0.25) is 9.78 Å². The first-order valence-electron chi connectivity index (χ1n) is 4.44. The number of hydrogen-bond donors (Lipinski definition) is 0. The minimum Gasteiger partial charge on any atom is -0.306 e. The first kappa shape index (κ1) is 10.6. The van der Waals surface area contributed by atoms with E-state index in [1.165, 1.54) is 0 Å². The van der Waals surface area contributed by atoms with Crippen LogP contribution in [0.15, 0.2) is 30.6 Å². The van der Waals surface area contributed by atoms with Crippen LogP contribution in [-0.4, -0.2) is 36.8 Å². The van der Waals surface area contributed by atoms with Crippen molar-refractivity contribution in [3.8, 4) is 0 Å². The molecule has 0 fully saturated rings. The molecule has 74 valence electrons. The molecule has 0 radical (unpaired) electrons. The zero-order chi connectivity index (χ0) is 10.4. The van der Waals surface area contributed by atoms with Gasteiger partial charge in [0.25, 0.3) is 0 Å². The van der Waals surface area contributed by atoms with Crippen LogP contribution >= 0.6 is 0 Å². The van der Waals surface area contributed by atoms with Crippen molar-refractivity contribution in [2.45, 2.75) is 0 Å². The largest absolute Gasteiger partial charge is 0.306 e. The van der Waals surface area contributed by atoms with Crippen LogP contribution in [-0.2, 0) is 4.79 Å². The van der Waals surface area contributed by atoms with Crippen LogP contribution in [0.5, 0.6) is 0 Å². The van der Waals surface area contributed by atoms with Gasteiger partial charge in [-0.15, -0.1) is 0 Å². The van der Waals surface area contributed by atoms with Crippen molar-refractivity contribution >= 4 is 11.9 Å². The molecule has 0 aliphatic carbocycles. The van der Waals surface area contributed by atoms with Crippen molar-refractivity contribution < 1.29 is 4.79 Å². The first-order valence-corrected chi connectivity index (χ1v) is 4.44. The summed E-state index contributed by atoms with van der Waals surface area (Å²) in [5, 5.41) is 0. The number of allylic oxidation sites excluding steroid dienone is 1. The fourth-order valence-electron chi connectivity index (χ4n) is 1.05. The van der Waals surface area contributed by atoms with Crippen molar-refractivity contribution in [2.75, 3.05) is 20.6 Å². The molecule has 0 N–H and O–H groups in total.